The van der Waals surface area contributed by atoms with Crippen LogP contribution in [0.1, 0.15) is 25.8 Å². The Morgan fingerprint density at radius 1 is 0.933 bits per heavy atom. The number of hydrogen-bond donors (Lipinski definition) is 1. The largest absolute Gasteiger partial charge is 0.445 e. The molecule has 2 unspecified atom stereocenters. The summed E-state index contributed by atoms with van der Waals surface area (Å²) in [7, 11) is 0. The summed E-state index contributed by atoms with van der Waals surface area (Å²) in [5, 5.41) is 1.92. The molecular formula is C20H18Cl5NO4. The van der Waals surface area contributed by atoms with Crippen molar-refractivity contribution in [2.24, 2.45) is 5.92 Å². The fourth-order valence-corrected chi connectivity index (χ4v) is 3.60. The van der Waals surface area contributed by atoms with Crippen molar-refractivity contribution in [3.63, 3.8) is 0 Å². The van der Waals surface area contributed by atoms with Gasteiger partial charge in [-0.1, -0.05) is 109 Å². The Kier molecular flexibility index (Phi) is 9.38. The maximum absolute atomic E-state index is 12.8. The molecule has 2 aromatic carbocycles. The highest BCUT2D eigenvalue weighted by Gasteiger charge is 2.31. The molecule has 2 atom stereocenters. The fourth-order valence-electron chi connectivity index (χ4n) is 2.40. The predicted octanol–water partition coefficient (Wildman–Crippen LogP) is 7.20. The van der Waals surface area contributed by atoms with E-state index in [1.807, 2.05) is 37.3 Å². The van der Waals surface area contributed by atoms with Crippen LogP contribution < -0.4 is 10.1 Å². The molecule has 0 radical (unpaired) electrons. The van der Waals surface area contributed by atoms with E-state index in [4.69, 9.17) is 67.5 Å². The second kappa shape index (κ2) is 11.3. The van der Waals surface area contributed by atoms with Crippen LogP contribution in [-0.2, 0) is 16.1 Å². The van der Waals surface area contributed by atoms with Crippen LogP contribution in [0, 0.1) is 5.92 Å². The van der Waals surface area contributed by atoms with E-state index in [0.717, 1.165) is 5.56 Å². The summed E-state index contributed by atoms with van der Waals surface area (Å²) < 4.78 is 10.5. The molecule has 0 spiro atoms. The lowest BCUT2D eigenvalue weighted by Crippen LogP contribution is -2.47. The van der Waals surface area contributed by atoms with Crippen LogP contribution in [0.5, 0.6) is 5.75 Å². The van der Waals surface area contributed by atoms with Crippen molar-refractivity contribution in [1.82, 2.24) is 5.32 Å². The first-order valence-electron chi connectivity index (χ1n) is 8.87. The van der Waals surface area contributed by atoms with Gasteiger partial charge in [-0.25, -0.2) is 9.59 Å². The number of alkyl carbamates (subject to hydrolysis) is 1. The average Bonchev–Trinajstić information content (AvgIpc) is 2.76. The van der Waals surface area contributed by atoms with Crippen molar-refractivity contribution in [3.05, 3.63) is 61.0 Å². The quantitative estimate of drug-likeness (QED) is 0.184. The second-order valence-electron chi connectivity index (χ2n) is 6.39. The van der Waals surface area contributed by atoms with E-state index in [-0.39, 0.29) is 43.4 Å². The lowest BCUT2D eigenvalue weighted by atomic mass is 9.99. The van der Waals surface area contributed by atoms with Gasteiger partial charge in [0.1, 0.15) is 22.7 Å². The molecule has 1 N–H and O–H groups in total. The van der Waals surface area contributed by atoms with E-state index < -0.39 is 18.1 Å². The Labute approximate surface area is 199 Å². The Bertz CT molecular complexity index is 894. The topological polar surface area (TPSA) is 64.6 Å². The second-order valence-corrected chi connectivity index (χ2v) is 8.28. The molecule has 0 aliphatic rings. The lowest BCUT2D eigenvalue weighted by Gasteiger charge is -2.23. The van der Waals surface area contributed by atoms with E-state index in [9.17, 15) is 9.59 Å². The number of carbonyl (C=O) groups is 2. The number of ether oxygens (including phenoxy) is 2. The molecule has 0 fully saturated rings. The molecule has 0 bridgehead atoms. The van der Waals surface area contributed by atoms with E-state index in [1.54, 1.807) is 6.92 Å². The minimum absolute atomic E-state index is 0.0506. The number of rotatable bonds is 7. The summed E-state index contributed by atoms with van der Waals surface area (Å²) in [5.74, 6) is -1.33. The molecule has 0 heterocycles. The third-order valence-corrected chi connectivity index (χ3v) is 6.57. The smallest absolute Gasteiger partial charge is 0.408 e. The van der Waals surface area contributed by atoms with Gasteiger partial charge in [-0.2, -0.15) is 0 Å². The van der Waals surface area contributed by atoms with Gasteiger partial charge in [-0.15, -0.1) is 0 Å². The molecule has 2 rings (SSSR count). The monoisotopic (exact) mass is 511 g/mol. The van der Waals surface area contributed by atoms with Gasteiger partial charge < -0.3 is 14.8 Å². The highest BCUT2D eigenvalue weighted by atomic mass is 35.5. The van der Waals surface area contributed by atoms with Crippen LogP contribution in [0.2, 0.25) is 25.1 Å². The summed E-state index contributed by atoms with van der Waals surface area (Å²) in [6, 6.07) is 8.10. The summed E-state index contributed by atoms with van der Waals surface area (Å²) in [5.41, 5.74) is 0.805. The molecule has 0 aliphatic carbocycles. The first-order valence-corrected chi connectivity index (χ1v) is 10.8. The SMILES string of the molecule is CCC(C)C(NC(=O)OCc1ccccc1)C(=O)Oc1c(Cl)c(Cl)c(Cl)c(Cl)c1Cl. The maximum Gasteiger partial charge on any atom is 0.408 e. The third-order valence-electron chi connectivity index (χ3n) is 4.33. The molecule has 0 saturated heterocycles. The van der Waals surface area contributed by atoms with Gasteiger partial charge in [0.25, 0.3) is 0 Å². The van der Waals surface area contributed by atoms with Crippen molar-refractivity contribution in [2.75, 3.05) is 0 Å². The molecule has 0 aromatic heterocycles. The van der Waals surface area contributed by atoms with Gasteiger partial charge in [-0.05, 0) is 11.5 Å². The molecule has 162 valence electrons. The van der Waals surface area contributed by atoms with Crippen LogP contribution in [-0.4, -0.2) is 18.1 Å². The fraction of sp³-hybridized carbons (Fsp3) is 0.300. The van der Waals surface area contributed by atoms with Crippen molar-refractivity contribution < 1.29 is 19.1 Å². The number of hydrogen-bond acceptors (Lipinski definition) is 4. The molecule has 1 amide bonds. The van der Waals surface area contributed by atoms with Crippen molar-refractivity contribution in [1.29, 1.82) is 0 Å². The van der Waals surface area contributed by atoms with Gasteiger partial charge >= 0.3 is 12.1 Å². The summed E-state index contributed by atoms with van der Waals surface area (Å²) in [6.07, 6.45) is -0.201. The number of carbonyl (C=O) groups excluding carboxylic acids is 2. The average molecular weight is 514 g/mol. The minimum atomic E-state index is -1.03. The highest BCUT2D eigenvalue weighted by Crippen LogP contribution is 2.48. The molecule has 30 heavy (non-hydrogen) atoms. The number of benzene rings is 2. The summed E-state index contributed by atoms with van der Waals surface area (Å²) >= 11 is 30.2. The number of esters is 1. The van der Waals surface area contributed by atoms with Crippen molar-refractivity contribution in [3.8, 4) is 5.75 Å². The first kappa shape index (κ1) is 24.9. The lowest BCUT2D eigenvalue weighted by molar-refractivity contribution is -0.138. The van der Waals surface area contributed by atoms with Gasteiger partial charge in [0.05, 0.1) is 15.1 Å². The zero-order chi connectivity index (χ0) is 22.4. The Morgan fingerprint density at radius 3 is 2.00 bits per heavy atom. The summed E-state index contributed by atoms with van der Waals surface area (Å²) in [4.78, 5) is 25.0. The Balaban J connectivity index is 2.15. The molecule has 0 aliphatic heterocycles. The molecular weight excluding hydrogens is 495 g/mol. The molecule has 10 heteroatoms. The van der Waals surface area contributed by atoms with Crippen LogP contribution >= 0.6 is 58.0 Å². The van der Waals surface area contributed by atoms with E-state index in [1.165, 1.54) is 0 Å². The summed E-state index contributed by atoms with van der Waals surface area (Å²) in [6.45, 7) is 3.68. The third kappa shape index (κ3) is 6.08. The maximum atomic E-state index is 12.8. The van der Waals surface area contributed by atoms with Crippen LogP contribution in [0.3, 0.4) is 0 Å². The molecule has 5 nitrogen and oxygen atoms in total. The van der Waals surface area contributed by atoms with Crippen LogP contribution in [0.25, 0.3) is 0 Å². The highest BCUT2D eigenvalue weighted by molar-refractivity contribution is 6.55. The number of halogens is 5. The van der Waals surface area contributed by atoms with Crippen LogP contribution in [0.4, 0.5) is 4.79 Å². The standard InChI is InChI=1S/C20H18Cl5NO4/c1-3-10(2)17(26-20(28)29-9-11-7-5-4-6-8-11)19(27)30-18-15(24)13(22)12(21)14(23)16(18)25/h4-8,10,17H,3,9H2,1-2H3,(H,26,28). The first-order chi connectivity index (χ1) is 14.2. The predicted molar refractivity (Wildman–Crippen MR) is 120 cm³/mol. The van der Waals surface area contributed by atoms with Crippen molar-refractivity contribution in [2.45, 2.75) is 32.9 Å². The van der Waals surface area contributed by atoms with Gasteiger partial charge in [0.2, 0.25) is 0 Å². The minimum Gasteiger partial charge on any atom is -0.445 e. The number of nitrogens with one attached hydrogen (secondary N) is 1. The molecule has 0 saturated carbocycles. The molecule has 2 aromatic rings. The zero-order valence-electron chi connectivity index (χ0n) is 16.0. The number of amides is 1. The Hall–Kier alpha value is -1.37. The van der Waals surface area contributed by atoms with Gasteiger partial charge in [-0.3, -0.25) is 0 Å². The normalized spacial score (nSPS) is 12.8. The van der Waals surface area contributed by atoms with Gasteiger partial charge in [0, 0.05) is 0 Å². The van der Waals surface area contributed by atoms with Gasteiger partial charge in [0.15, 0.2) is 5.75 Å². The van der Waals surface area contributed by atoms with Crippen molar-refractivity contribution >= 4 is 70.1 Å². The van der Waals surface area contributed by atoms with Crippen LogP contribution in [0.15, 0.2) is 30.3 Å². The van der Waals surface area contributed by atoms with E-state index >= 15 is 0 Å². The Morgan fingerprint density at radius 2 is 1.47 bits per heavy atom. The van der Waals surface area contributed by atoms with E-state index in [0.29, 0.717) is 6.42 Å². The zero-order valence-corrected chi connectivity index (χ0v) is 19.8. The van der Waals surface area contributed by atoms with E-state index in [2.05, 4.69) is 5.32 Å².